The van der Waals surface area contributed by atoms with Gasteiger partial charge in [0, 0.05) is 50.6 Å². The zero-order valence-corrected chi connectivity index (χ0v) is 15.9. The molecule has 8 heteroatoms. The Hall–Kier alpha value is -2.09. The van der Waals surface area contributed by atoms with Gasteiger partial charge in [-0.1, -0.05) is 0 Å². The molecule has 2 aliphatic rings. The van der Waals surface area contributed by atoms with E-state index in [0.717, 1.165) is 32.0 Å². The van der Waals surface area contributed by atoms with Gasteiger partial charge in [-0.15, -0.1) is 0 Å². The van der Waals surface area contributed by atoms with Crippen molar-refractivity contribution in [2.75, 3.05) is 46.8 Å². The number of piperidine rings is 2. The molecule has 3 rings (SSSR count). The van der Waals surface area contributed by atoms with E-state index in [2.05, 4.69) is 4.98 Å². The Morgan fingerprint density at radius 1 is 1.30 bits per heavy atom. The van der Waals surface area contributed by atoms with Crippen molar-refractivity contribution < 1.29 is 18.4 Å². The first-order valence-electron chi connectivity index (χ1n) is 9.32. The number of hydrogen-bond donors (Lipinski definition) is 0. The van der Waals surface area contributed by atoms with E-state index >= 15 is 0 Å². The molecule has 1 spiro atoms. The van der Waals surface area contributed by atoms with Crippen LogP contribution in [-0.4, -0.2) is 78.3 Å². The minimum absolute atomic E-state index is 0.150. The molecule has 0 N–H and O–H groups in total. The molecule has 3 heterocycles. The number of hydrogen-bond acceptors (Lipinski definition) is 4. The maximum Gasteiger partial charge on any atom is 0.275 e. The molecule has 0 bridgehead atoms. The van der Waals surface area contributed by atoms with Gasteiger partial charge in [0.05, 0.1) is 6.20 Å². The van der Waals surface area contributed by atoms with Gasteiger partial charge in [-0.25, -0.2) is 13.8 Å². The van der Waals surface area contributed by atoms with Gasteiger partial charge in [-0.3, -0.25) is 9.59 Å². The first-order chi connectivity index (χ1) is 12.8. The summed E-state index contributed by atoms with van der Waals surface area (Å²) >= 11 is 0. The molecule has 148 valence electrons. The summed E-state index contributed by atoms with van der Waals surface area (Å²) in [4.78, 5) is 34.2. The lowest BCUT2D eigenvalue weighted by Gasteiger charge is -2.48. The molecule has 2 aliphatic heterocycles. The minimum Gasteiger partial charge on any atom is -0.341 e. The van der Waals surface area contributed by atoms with E-state index in [1.165, 1.54) is 0 Å². The fourth-order valence-corrected chi connectivity index (χ4v) is 4.06. The molecule has 2 fully saturated rings. The first kappa shape index (κ1) is 19.7. The molecule has 1 atom stereocenters. The van der Waals surface area contributed by atoms with E-state index < -0.39 is 17.5 Å². The predicted molar refractivity (Wildman–Crippen MR) is 96.1 cm³/mol. The molecule has 2 amide bonds. The van der Waals surface area contributed by atoms with Crippen LogP contribution in [0.3, 0.4) is 0 Å². The van der Waals surface area contributed by atoms with Crippen molar-refractivity contribution in [1.29, 1.82) is 0 Å². The highest BCUT2D eigenvalue weighted by atomic mass is 19.1. The number of nitrogens with zero attached hydrogens (tertiary/aromatic N) is 4. The lowest BCUT2D eigenvalue weighted by Crippen LogP contribution is -2.56. The Kier molecular flexibility index (Phi) is 5.74. The molecule has 0 unspecified atom stereocenters. The van der Waals surface area contributed by atoms with Gasteiger partial charge >= 0.3 is 0 Å². The lowest BCUT2D eigenvalue weighted by molar-refractivity contribution is -0.139. The molecular formula is C19H26F2N4O2. The van der Waals surface area contributed by atoms with Gasteiger partial charge in [-0.05, 0) is 33.4 Å². The third-order valence-corrected chi connectivity index (χ3v) is 5.52. The Labute approximate surface area is 158 Å². The maximum atomic E-state index is 14.0. The summed E-state index contributed by atoms with van der Waals surface area (Å²) in [6.07, 6.45) is 3.79. The van der Waals surface area contributed by atoms with E-state index in [9.17, 15) is 18.4 Å². The van der Waals surface area contributed by atoms with Crippen LogP contribution >= 0.6 is 0 Å². The summed E-state index contributed by atoms with van der Waals surface area (Å²) < 4.78 is 27.1. The van der Waals surface area contributed by atoms with E-state index in [0.29, 0.717) is 38.7 Å². The van der Waals surface area contributed by atoms with Crippen LogP contribution in [0.4, 0.5) is 8.78 Å². The van der Waals surface area contributed by atoms with Crippen LogP contribution in [0.2, 0.25) is 0 Å². The van der Waals surface area contributed by atoms with Crippen molar-refractivity contribution in [2.24, 2.45) is 5.41 Å². The van der Waals surface area contributed by atoms with Crippen LogP contribution < -0.4 is 0 Å². The van der Waals surface area contributed by atoms with Gasteiger partial charge in [0.1, 0.15) is 5.82 Å². The topological polar surface area (TPSA) is 56.8 Å². The molecule has 0 aliphatic carbocycles. The predicted octanol–water partition coefficient (Wildman–Crippen LogP) is 1.77. The average molecular weight is 380 g/mol. The summed E-state index contributed by atoms with van der Waals surface area (Å²) in [7, 11) is 3.94. The number of halogens is 2. The Morgan fingerprint density at radius 3 is 2.78 bits per heavy atom. The number of likely N-dealkylation sites (N-methyl/N-ethyl adjacent to an activating group) is 1. The number of rotatable bonds is 4. The highest BCUT2D eigenvalue weighted by Gasteiger charge is 2.43. The SMILES string of the molecule is CN(C)CCN1C[C@@]2(CCCN(C(=O)c3ncc(F)cc3F)C2)CCC1=O. The molecule has 1 aromatic heterocycles. The van der Waals surface area contributed by atoms with Crippen molar-refractivity contribution >= 4 is 11.8 Å². The molecule has 0 aromatic carbocycles. The maximum absolute atomic E-state index is 14.0. The third-order valence-electron chi connectivity index (χ3n) is 5.52. The smallest absolute Gasteiger partial charge is 0.275 e. The Bertz CT molecular complexity index is 728. The van der Waals surface area contributed by atoms with E-state index in [-0.39, 0.29) is 17.0 Å². The van der Waals surface area contributed by atoms with Crippen molar-refractivity contribution in [3.05, 3.63) is 29.6 Å². The Morgan fingerprint density at radius 2 is 2.07 bits per heavy atom. The molecule has 0 radical (unpaired) electrons. The molecule has 6 nitrogen and oxygen atoms in total. The second-order valence-electron chi connectivity index (χ2n) is 7.93. The number of amides is 2. The number of carbonyl (C=O) groups excluding carboxylic acids is 2. The highest BCUT2D eigenvalue weighted by molar-refractivity contribution is 5.92. The molecule has 0 saturated carbocycles. The monoisotopic (exact) mass is 380 g/mol. The van der Waals surface area contributed by atoms with E-state index in [4.69, 9.17) is 0 Å². The van der Waals surface area contributed by atoms with Crippen molar-refractivity contribution in [2.45, 2.75) is 25.7 Å². The van der Waals surface area contributed by atoms with Crippen LogP contribution in [0.5, 0.6) is 0 Å². The minimum atomic E-state index is -0.939. The summed E-state index contributed by atoms with van der Waals surface area (Å²) in [5.41, 5.74) is -0.505. The van der Waals surface area contributed by atoms with E-state index in [1.807, 2.05) is 23.9 Å². The average Bonchev–Trinajstić information content (AvgIpc) is 2.62. The first-order valence-corrected chi connectivity index (χ1v) is 9.32. The van der Waals surface area contributed by atoms with Gasteiger partial charge < -0.3 is 14.7 Å². The molecular weight excluding hydrogens is 354 g/mol. The number of pyridine rings is 1. The lowest BCUT2D eigenvalue weighted by atomic mass is 9.73. The Balaban J connectivity index is 1.72. The second-order valence-corrected chi connectivity index (χ2v) is 7.93. The van der Waals surface area contributed by atoms with Gasteiger partial charge in [0.15, 0.2) is 11.5 Å². The summed E-state index contributed by atoms with van der Waals surface area (Å²) in [6.45, 7) is 3.05. The van der Waals surface area contributed by atoms with Gasteiger partial charge in [-0.2, -0.15) is 0 Å². The highest BCUT2D eigenvalue weighted by Crippen LogP contribution is 2.39. The van der Waals surface area contributed by atoms with Crippen LogP contribution in [0, 0.1) is 17.0 Å². The van der Waals surface area contributed by atoms with Crippen LogP contribution in [0.1, 0.15) is 36.2 Å². The van der Waals surface area contributed by atoms with Crippen LogP contribution in [0.25, 0.3) is 0 Å². The number of likely N-dealkylation sites (tertiary alicyclic amines) is 2. The zero-order valence-electron chi connectivity index (χ0n) is 15.9. The third kappa shape index (κ3) is 4.43. The molecule has 2 saturated heterocycles. The number of carbonyl (C=O) groups is 2. The van der Waals surface area contributed by atoms with Gasteiger partial charge in [0.25, 0.3) is 5.91 Å². The zero-order chi connectivity index (χ0) is 19.6. The number of aromatic nitrogens is 1. The molecule has 27 heavy (non-hydrogen) atoms. The van der Waals surface area contributed by atoms with Crippen LogP contribution in [-0.2, 0) is 4.79 Å². The summed E-state index contributed by atoms with van der Waals surface area (Å²) in [6, 6.07) is 0.683. The fraction of sp³-hybridized carbons (Fsp3) is 0.632. The van der Waals surface area contributed by atoms with Crippen molar-refractivity contribution in [1.82, 2.24) is 19.7 Å². The van der Waals surface area contributed by atoms with Gasteiger partial charge in [0.2, 0.25) is 5.91 Å². The van der Waals surface area contributed by atoms with Crippen molar-refractivity contribution in [3.8, 4) is 0 Å². The van der Waals surface area contributed by atoms with Crippen molar-refractivity contribution in [3.63, 3.8) is 0 Å². The quantitative estimate of drug-likeness (QED) is 0.799. The second kappa shape index (κ2) is 7.88. The summed E-state index contributed by atoms with van der Waals surface area (Å²) in [5.74, 6) is -2.10. The fourth-order valence-electron chi connectivity index (χ4n) is 4.06. The van der Waals surface area contributed by atoms with E-state index in [1.54, 1.807) is 4.90 Å². The van der Waals surface area contributed by atoms with Crippen LogP contribution in [0.15, 0.2) is 12.3 Å². The summed E-state index contributed by atoms with van der Waals surface area (Å²) in [5, 5.41) is 0. The standard InChI is InChI=1S/C19H26F2N4O2/c1-23(2)8-9-24-12-19(6-4-16(24)26)5-3-7-25(13-19)18(27)17-15(21)10-14(20)11-22-17/h10-11H,3-9,12-13H2,1-2H3/t19-/m1/s1. The largest absolute Gasteiger partial charge is 0.341 e. The molecule has 1 aromatic rings. The normalized spacial score (nSPS) is 23.4.